The van der Waals surface area contributed by atoms with E-state index < -0.39 is 23.6 Å². The molecular weight excluding hydrogens is 555 g/mol. The number of halogens is 1. The summed E-state index contributed by atoms with van der Waals surface area (Å²) in [5, 5.41) is 4.54. The molecule has 2 heterocycles. The zero-order chi connectivity index (χ0) is 30.4. The lowest BCUT2D eigenvalue weighted by Gasteiger charge is -2.32. The summed E-state index contributed by atoms with van der Waals surface area (Å²) in [6.07, 6.45) is 2.38. The molecule has 2 aromatic heterocycles. The van der Waals surface area contributed by atoms with Gasteiger partial charge in [-0.3, -0.25) is 14.0 Å². The van der Waals surface area contributed by atoms with Crippen LogP contribution in [0, 0.1) is 12.7 Å². The molecule has 10 heteroatoms. The smallest absolute Gasteiger partial charge is 0.407 e. The highest BCUT2D eigenvalue weighted by atomic mass is 32.1. The third-order valence-electron chi connectivity index (χ3n) is 6.82. The Morgan fingerprint density at radius 3 is 2.57 bits per heavy atom. The van der Waals surface area contributed by atoms with Gasteiger partial charge < -0.3 is 15.0 Å². The number of alkyl carbamates (subject to hydrolysis) is 1. The largest absolute Gasteiger partial charge is 0.444 e. The van der Waals surface area contributed by atoms with Gasteiger partial charge in [0.25, 0.3) is 11.5 Å². The summed E-state index contributed by atoms with van der Waals surface area (Å²) in [6, 6.07) is 13.5. The quantitative estimate of drug-likeness (QED) is 0.218. The summed E-state index contributed by atoms with van der Waals surface area (Å²) in [5.41, 5.74) is 1.80. The summed E-state index contributed by atoms with van der Waals surface area (Å²) in [5.74, 6) is -0.849. The van der Waals surface area contributed by atoms with Crippen LogP contribution in [0.3, 0.4) is 0 Å². The van der Waals surface area contributed by atoms with Gasteiger partial charge in [0, 0.05) is 42.2 Å². The average molecular weight is 593 g/mol. The fraction of sp³-hybridized carbons (Fsp3) is 0.375. The van der Waals surface area contributed by atoms with Gasteiger partial charge in [-0.25, -0.2) is 14.2 Å². The van der Waals surface area contributed by atoms with Crippen LogP contribution in [0.15, 0.2) is 64.9 Å². The first-order chi connectivity index (χ1) is 20.0. The van der Waals surface area contributed by atoms with Crippen LogP contribution in [0.4, 0.5) is 9.18 Å². The first kappa shape index (κ1) is 30.9. The van der Waals surface area contributed by atoms with E-state index in [1.54, 1.807) is 56.3 Å². The van der Waals surface area contributed by atoms with Crippen LogP contribution < -0.4 is 10.9 Å². The standard InChI is InChI=1S/C32H37FN4O4S/c1-6-26(27-24(19-22-11-8-7-9-12-22)29(39)37-17-18-42-30(37)35-27)36(16-10-15-34-31(40)41-32(3,4)5)28(38)23-14-13-21(2)25(33)20-23/h7-9,11-14,17-18,20,26H,6,10,15-16,19H2,1-5H3,(H,34,40). The normalized spacial score (nSPS) is 12.2. The van der Waals surface area contributed by atoms with E-state index in [1.807, 2.05) is 37.3 Å². The number of carbonyl (C=O) groups is 2. The van der Waals surface area contributed by atoms with Crippen LogP contribution >= 0.6 is 11.3 Å². The molecule has 2 amide bonds. The maximum Gasteiger partial charge on any atom is 0.407 e. The number of nitrogens with zero attached hydrogens (tertiary/aromatic N) is 3. The van der Waals surface area contributed by atoms with Crippen molar-refractivity contribution in [2.45, 2.75) is 65.5 Å². The Balaban J connectivity index is 1.72. The van der Waals surface area contributed by atoms with Crippen molar-refractivity contribution in [3.05, 3.63) is 104 Å². The highest BCUT2D eigenvalue weighted by molar-refractivity contribution is 7.15. The number of fused-ring (bicyclic) bond motifs is 1. The number of carbonyl (C=O) groups excluding carboxylic acids is 2. The fourth-order valence-electron chi connectivity index (χ4n) is 4.78. The van der Waals surface area contributed by atoms with E-state index >= 15 is 0 Å². The van der Waals surface area contributed by atoms with E-state index in [2.05, 4.69) is 5.32 Å². The number of thiazole rings is 1. The molecule has 1 atom stereocenters. The Morgan fingerprint density at radius 1 is 1.17 bits per heavy atom. The van der Waals surface area contributed by atoms with Gasteiger partial charge in [0.1, 0.15) is 11.4 Å². The molecule has 0 saturated heterocycles. The van der Waals surface area contributed by atoms with Gasteiger partial charge in [0.2, 0.25) is 0 Å². The number of aryl methyl sites for hydroxylation is 1. The topological polar surface area (TPSA) is 93.0 Å². The van der Waals surface area contributed by atoms with Crippen LogP contribution in [0.1, 0.15) is 79.3 Å². The summed E-state index contributed by atoms with van der Waals surface area (Å²) in [6.45, 7) is 9.42. The van der Waals surface area contributed by atoms with Crippen molar-refractivity contribution in [1.82, 2.24) is 19.6 Å². The molecule has 0 aliphatic carbocycles. The Hall–Kier alpha value is -4.05. The predicted octanol–water partition coefficient (Wildman–Crippen LogP) is 6.30. The van der Waals surface area contributed by atoms with Crippen LogP contribution in [0.5, 0.6) is 0 Å². The lowest BCUT2D eigenvalue weighted by molar-refractivity contribution is 0.0523. The van der Waals surface area contributed by atoms with Crippen molar-refractivity contribution in [3.63, 3.8) is 0 Å². The Kier molecular flexibility index (Phi) is 9.78. The predicted molar refractivity (Wildman–Crippen MR) is 163 cm³/mol. The molecule has 222 valence electrons. The number of aromatic nitrogens is 2. The second kappa shape index (κ2) is 13.3. The van der Waals surface area contributed by atoms with Gasteiger partial charge in [-0.05, 0) is 63.8 Å². The maximum atomic E-state index is 14.6. The zero-order valence-corrected chi connectivity index (χ0v) is 25.5. The summed E-state index contributed by atoms with van der Waals surface area (Å²) in [7, 11) is 0. The minimum Gasteiger partial charge on any atom is -0.444 e. The Morgan fingerprint density at radius 2 is 1.90 bits per heavy atom. The molecule has 0 aliphatic rings. The van der Waals surface area contributed by atoms with Gasteiger partial charge in [0.05, 0.1) is 11.7 Å². The molecule has 1 unspecified atom stereocenters. The number of rotatable bonds is 10. The van der Waals surface area contributed by atoms with Crippen molar-refractivity contribution in [2.24, 2.45) is 0 Å². The summed E-state index contributed by atoms with van der Waals surface area (Å²) < 4.78 is 21.4. The van der Waals surface area contributed by atoms with Crippen LogP contribution in [-0.4, -0.2) is 45.0 Å². The number of nitrogens with one attached hydrogen (secondary N) is 1. The summed E-state index contributed by atoms with van der Waals surface area (Å²) >= 11 is 1.35. The van der Waals surface area contributed by atoms with E-state index in [-0.39, 0.29) is 30.1 Å². The van der Waals surface area contributed by atoms with E-state index in [0.29, 0.717) is 41.0 Å². The van der Waals surface area contributed by atoms with Gasteiger partial charge in [-0.1, -0.05) is 43.3 Å². The number of benzene rings is 2. The van der Waals surface area contributed by atoms with Crippen LogP contribution in [0.25, 0.3) is 4.96 Å². The van der Waals surface area contributed by atoms with E-state index in [4.69, 9.17) is 9.72 Å². The molecular formula is C32H37FN4O4S. The minimum atomic E-state index is -0.635. The lowest BCUT2D eigenvalue weighted by Crippen LogP contribution is -2.39. The third-order valence-corrected chi connectivity index (χ3v) is 7.57. The molecule has 42 heavy (non-hydrogen) atoms. The molecule has 0 bridgehead atoms. The lowest BCUT2D eigenvalue weighted by atomic mass is 9.97. The van der Waals surface area contributed by atoms with Crippen molar-refractivity contribution in [2.75, 3.05) is 13.1 Å². The summed E-state index contributed by atoms with van der Waals surface area (Å²) in [4.78, 5) is 47.0. The minimum absolute atomic E-state index is 0.182. The monoisotopic (exact) mass is 592 g/mol. The SMILES string of the molecule is CCC(c1nc2sccn2c(=O)c1Cc1ccccc1)N(CCCNC(=O)OC(C)(C)C)C(=O)c1ccc(C)c(F)c1. The van der Waals surface area contributed by atoms with Crippen molar-refractivity contribution in [1.29, 1.82) is 0 Å². The highest BCUT2D eigenvalue weighted by Crippen LogP contribution is 2.29. The van der Waals surface area contributed by atoms with Gasteiger partial charge >= 0.3 is 6.09 Å². The van der Waals surface area contributed by atoms with Gasteiger partial charge in [-0.15, -0.1) is 11.3 Å². The van der Waals surface area contributed by atoms with E-state index in [1.165, 1.54) is 21.8 Å². The average Bonchev–Trinajstić information content (AvgIpc) is 3.42. The second-order valence-electron chi connectivity index (χ2n) is 11.2. The third kappa shape index (κ3) is 7.42. The Labute approximate surface area is 249 Å². The first-order valence-electron chi connectivity index (χ1n) is 14.0. The number of ether oxygens (including phenoxy) is 1. The van der Waals surface area contributed by atoms with Crippen molar-refractivity contribution < 1.29 is 18.7 Å². The van der Waals surface area contributed by atoms with Gasteiger partial charge in [0.15, 0.2) is 4.96 Å². The van der Waals surface area contributed by atoms with E-state index in [0.717, 1.165) is 5.56 Å². The molecule has 0 spiro atoms. The van der Waals surface area contributed by atoms with Crippen LogP contribution in [-0.2, 0) is 11.2 Å². The van der Waals surface area contributed by atoms with Crippen molar-refractivity contribution in [3.8, 4) is 0 Å². The molecule has 0 saturated carbocycles. The number of amides is 2. The molecule has 2 aromatic carbocycles. The van der Waals surface area contributed by atoms with Crippen LogP contribution in [0.2, 0.25) is 0 Å². The van der Waals surface area contributed by atoms with Crippen molar-refractivity contribution >= 4 is 28.3 Å². The van der Waals surface area contributed by atoms with Gasteiger partial charge in [-0.2, -0.15) is 0 Å². The molecule has 8 nitrogen and oxygen atoms in total. The maximum absolute atomic E-state index is 14.6. The Bertz CT molecular complexity index is 1610. The highest BCUT2D eigenvalue weighted by Gasteiger charge is 2.30. The molecule has 4 aromatic rings. The molecule has 0 radical (unpaired) electrons. The van der Waals surface area contributed by atoms with E-state index in [9.17, 15) is 18.8 Å². The molecule has 4 rings (SSSR count). The first-order valence-corrected chi connectivity index (χ1v) is 14.9. The second-order valence-corrected chi connectivity index (χ2v) is 12.0. The number of hydrogen-bond donors (Lipinski definition) is 1. The molecule has 1 N–H and O–H groups in total. The molecule has 0 fully saturated rings. The fourth-order valence-corrected chi connectivity index (χ4v) is 5.49. The molecule has 0 aliphatic heterocycles. The zero-order valence-electron chi connectivity index (χ0n) is 24.6. The number of hydrogen-bond acceptors (Lipinski definition) is 6.